The first-order valence-electron chi connectivity index (χ1n) is 7.84. The lowest BCUT2D eigenvalue weighted by molar-refractivity contribution is 0.301. The molecule has 3 aromatic carbocycles. The SMILES string of the molecule is NCC(CCOc1cccc2ccccc12)c1ccc(F)cc1. The van der Waals surface area contributed by atoms with E-state index in [0.717, 1.165) is 23.1 Å². The summed E-state index contributed by atoms with van der Waals surface area (Å²) in [6.45, 7) is 1.10. The van der Waals surface area contributed by atoms with Gasteiger partial charge in [0, 0.05) is 5.39 Å². The average Bonchev–Trinajstić information content (AvgIpc) is 2.60. The van der Waals surface area contributed by atoms with Gasteiger partial charge in [-0.15, -0.1) is 0 Å². The van der Waals surface area contributed by atoms with Crippen molar-refractivity contribution in [3.8, 4) is 5.75 Å². The molecule has 118 valence electrons. The van der Waals surface area contributed by atoms with Gasteiger partial charge in [0.1, 0.15) is 11.6 Å². The molecule has 0 bridgehead atoms. The van der Waals surface area contributed by atoms with Crippen LogP contribution in [0.15, 0.2) is 66.7 Å². The monoisotopic (exact) mass is 309 g/mol. The predicted molar refractivity (Wildman–Crippen MR) is 92.3 cm³/mol. The van der Waals surface area contributed by atoms with Crippen LogP contribution >= 0.6 is 0 Å². The summed E-state index contributed by atoms with van der Waals surface area (Å²) in [5, 5.41) is 2.28. The third-order valence-corrected chi connectivity index (χ3v) is 4.10. The topological polar surface area (TPSA) is 35.2 Å². The Labute approximate surface area is 135 Å². The van der Waals surface area contributed by atoms with E-state index in [4.69, 9.17) is 10.5 Å². The lowest BCUT2D eigenvalue weighted by Crippen LogP contribution is -2.15. The van der Waals surface area contributed by atoms with Gasteiger partial charge < -0.3 is 10.5 Å². The lowest BCUT2D eigenvalue weighted by atomic mass is 9.96. The van der Waals surface area contributed by atoms with E-state index in [2.05, 4.69) is 18.2 Å². The van der Waals surface area contributed by atoms with Gasteiger partial charge in [-0.05, 0) is 48.0 Å². The molecule has 0 saturated heterocycles. The number of halogens is 1. The number of rotatable bonds is 6. The second-order valence-electron chi connectivity index (χ2n) is 5.60. The molecule has 0 saturated carbocycles. The maximum atomic E-state index is 13.0. The van der Waals surface area contributed by atoms with Crippen molar-refractivity contribution in [1.82, 2.24) is 0 Å². The first-order chi connectivity index (χ1) is 11.3. The third kappa shape index (κ3) is 3.69. The summed E-state index contributed by atoms with van der Waals surface area (Å²) in [6, 6.07) is 20.8. The molecule has 23 heavy (non-hydrogen) atoms. The van der Waals surface area contributed by atoms with E-state index < -0.39 is 0 Å². The molecule has 3 aromatic rings. The van der Waals surface area contributed by atoms with Crippen molar-refractivity contribution >= 4 is 10.8 Å². The minimum atomic E-state index is -0.225. The van der Waals surface area contributed by atoms with Gasteiger partial charge in [0.25, 0.3) is 0 Å². The lowest BCUT2D eigenvalue weighted by Gasteiger charge is -2.16. The molecule has 0 aliphatic rings. The Kier molecular flexibility index (Phi) is 4.89. The number of hydrogen-bond donors (Lipinski definition) is 1. The second kappa shape index (κ2) is 7.25. The predicted octanol–water partition coefficient (Wildman–Crippen LogP) is 4.49. The standard InChI is InChI=1S/C20H20FNO/c21-18-10-8-15(9-11-18)17(14-22)12-13-23-20-7-3-5-16-4-1-2-6-19(16)20/h1-11,17H,12-14,22H2. The highest BCUT2D eigenvalue weighted by Crippen LogP contribution is 2.26. The molecule has 1 unspecified atom stereocenters. The Hall–Kier alpha value is -2.39. The molecule has 1 atom stereocenters. The number of fused-ring (bicyclic) bond motifs is 1. The van der Waals surface area contributed by atoms with E-state index in [1.807, 2.05) is 24.3 Å². The van der Waals surface area contributed by atoms with Gasteiger partial charge in [0.2, 0.25) is 0 Å². The van der Waals surface area contributed by atoms with Crippen molar-refractivity contribution < 1.29 is 9.13 Å². The van der Waals surface area contributed by atoms with Gasteiger partial charge in [-0.1, -0.05) is 48.5 Å². The quantitative estimate of drug-likeness (QED) is 0.728. The van der Waals surface area contributed by atoms with E-state index in [1.54, 1.807) is 12.1 Å². The van der Waals surface area contributed by atoms with Crippen LogP contribution < -0.4 is 10.5 Å². The molecule has 0 aliphatic carbocycles. The van der Waals surface area contributed by atoms with Crippen LogP contribution in [0.2, 0.25) is 0 Å². The largest absolute Gasteiger partial charge is 0.493 e. The molecular formula is C20H20FNO. The Balaban J connectivity index is 1.66. The van der Waals surface area contributed by atoms with Crippen molar-refractivity contribution in [3.05, 3.63) is 78.1 Å². The van der Waals surface area contributed by atoms with Crippen molar-refractivity contribution in [3.63, 3.8) is 0 Å². The van der Waals surface area contributed by atoms with E-state index in [-0.39, 0.29) is 11.7 Å². The number of nitrogens with two attached hydrogens (primary N) is 1. The summed E-state index contributed by atoms with van der Waals surface area (Å²) in [6.07, 6.45) is 0.797. The van der Waals surface area contributed by atoms with Gasteiger partial charge in [-0.25, -0.2) is 4.39 Å². The maximum Gasteiger partial charge on any atom is 0.127 e. The van der Waals surface area contributed by atoms with E-state index >= 15 is 0 Å². The summed E-state index contributed by atoms with van der Waals surface area (Å²) in [5.74, 6) is 0.833. The molecule has 0 heterocycles. The summed E-state index contributed by atoms with van der Waals surface area (Å²) < 4.78 is 19.0. The summed E-state index contributed by atoms with van der Waals surface area (Å²) in [4.78, 5) is 0. The smallest absolute Gasteiger partial charge is 0.127 e. The molecule has 0 radical (unpaired) electrons. The van der Waals surface area contributed by atoms with Crippen LogP contribution in [0.25, 0.3) is 10.8 Å². The van der Waals surface area contributed by atoms with Crippen LogP contribution in [0.4, 0.5) is 4.39 Å². The van der Waals surface area contributed by atoms with Gasteiger partial charge in [0.05, 0.1) is 6.61 Å². The first-order valence-corrected chi connectivity index (χ1v) is 7.84. The van der Waals surface area contributed by atoms with Crippen LogP contribution in [0.3, 0.4) is 0 Å². The zero-order valence-electron chi connectivity index (χ0n) is 12.9. The van der Waals surface area contributed by atoms with E-state index in [0.29, 0.717) is 13.2 Å². The third-order valence-electron chi connectivity index (χ3n) is 4.10. The van der Waals surface area contributed by atoms with Crippen LogP contribution in [0, 0.1) is 5.82 Å². The van der Waals surface area contributed by atoms with Crippen molar-refractivity contribution in [1.29, 1.82) is 0 Å². The second-order valence-corrected chi connectivity index (χ2v) is 5.60. The molecule has 0 amide bonds. The van der Waals surface area contributed by atoms with Gasteiger partial charge in [-0.3, -0.25) is 0 Å². The molecule has 2 N–H and O–H groups in total. The first kappa shape index (κ1) is 15.5. The molecule has 2 nitrogen and oxygen atoms in total. The Morgan fingerprint density at radius 2 is 1.65 bits per heavy atom. The molecule has 0 aromatic heterocycles. The molecular weight excluding hydrogens is 289 g/mol. The number of benzene rings is 3. The minimum absolute atomic E-state index is 0.172. The van der Waals surface area contributed by atoms with Gasteiger partial charge >= 0.3 is 0 Å². The fraction of sp³-hybridized carbons (Fsp3) is 0.200. The van der Waals surface area contributed by atoms with Crippen molar-refractivity contribution in [2.45, 2.75) is 12.3 Å². The highest BCUT2D eigenvalue weighted by Gasteiger charge is 2.10. The minimum Gasteiger partial charge on any atom is -0.493 e. The van der Waals surface area contributed by atoms with Gasteiger partial charge in [-0.2, -0.15) is 0 Å². The number of ether oxygens (including phenoxy) is 1. The van der Waals surface area contributed by atoms with Crippen LogP contribution in [0.1, 0.15) is 17.9 Å². The highest BCUT2D eigenvalue weighted by atomic mass is 19.1. The summed E-state index contributed by atoms with van der Waals surface area (Å²) in [7, 11) is 0. The summed E-state index contributed by atoms with van der Waals surface area (Å²) in [5.41, 5.74) is 6.91. The fourth-order valence-electron chi connectivity index (χ4n) is 2.79. The molecule has 0 spiro atoms. The Morgan fingerprint density at radius 3 is 2.43 bits per heavy atom. The molecule has 3 rings (SSSR count). The zero-order valence-corrected chi connectivity index (χ0v) is 12.9. The fourth-order valence-corrected chi connectivity index (χ4v) is 2.79. The highest BCUT2D eigenvalue weighted by molar-refractivity contribution is 5.88. The summed E-state index contributed by atoms with van der Waals surface area (Å²) >= 11 is 0. The average molecular weight is 309 g/mol. The maximum absolute atomic E-state index is 13.0. The number of hydrogen-bond acceptors (Lipinski definition) is 2. The Morgan fingerprint density at radius 1 is 0.913 bits per heavy atom. The van der Waals surface area contributed by atoms with Crippen LogP contribution in [-0.2, 0) is 0 Å². The molecule has 3 heteroatoms. The zero-order chi connectivity index (χ0) is 16.1. The Bertz CT molecular complexity index is 765. The van der Waals surface area contributed by atoms with E-state index in [9.17, 15) is 4.39 Å². The molecule has 0 aliphatic heterocycles. The van der Waals surface area contributed by atoms with Crippen molar-refractivity contribution in [2.24, 2.45) is 5.73 Å². The normalized spacial score (nSPS) is 12.3. The van der Waals surface area contributed by atoms with Gasteiger partial charge in [0.15, 0.2) is 0 Å². The molecule has 0 fully saturated rings. The van der Waals surface area contributed by atoms with Crippen LogP contribution in [-0.4, -0.2) is 13.2 Å². The van der Waals surface area contributed by atoms with Crippen molar-refractivity contribution in [2.75, 3.05) is 13.2 Å². The van der Waals surface area contributed by atoms with Crippen LogP contribution in [0.5, 0.6) is 5.75 Å². The van der Waals surface area contributed by atoms with E-state index in [1.165, 1.54) is 17.5 Å².